The van der Waals surface area contributed by atoms with Crippen molar-refractivity contribution in [2.24, 2.45) is 4.99 Å². The average molecular weight is 556 g/mol. The largest absolute Gasteiger partial charge is 0.416 e. The number of hydrogen-bond acceptors (Lipinski definition) is 8. The number of sulfonamides is 1. The van der Waals surface area contributed by atoms with Crippen LogP contribution >= 0.6 is 23.1 Å². The number of hydrogen-bond donors (Lipinski definition) is 3. The van der Waals surface area contributed by atoms with Gasteiger partial charge in [0.15, 0.2) is 10.3 Å². The number of aromatic nitrogens is 1. The SMILES string of the molecule is O=C(CC1SC(=Nc2ccc(S(=O)(=O)Nc3nccs3)cc2)NC1=O)Nc1cccc(C(F)(F)F)c1. The fraction of sp³-hybridized carbons (Fsp3) is 0.143. The highest BCUT2D eigenvalue weighted by Gasteiger charge is 2.33. The number of amides is 2. The Morgan fingerprint density at radius 3 is 2.58 bits per heavy atom. The van der Waals surface area contributed by atoms with Crippen molar-refractivity contribution in [1.82, 2.24) is 10.3 Å². The summed E-state index contributed by atoms with van der Waals surface area (Å²) in [5, 5.41) is 6.12. The number of alkyl halides is 3. The molecule has 1 aromatic heterocycles. The number of anilines is 2. The quantitative estimate of drug-likeness (QED) is 0.401. The lowest BCUT2D eigenvalue weighted by Crippen LogP contribution is -2.28. The van der Waals surface area contributed by atoms with Crippen molar-refractivity contribution < 1.29 is 31.2 Å². The molecular weight excluding hydrogens is 539 g/mol. The summed E-state index contributed by atoms with van der Waals surface area (Å²) in [5.41, 5.74) is -0.577. The zero-order valence-corrected chi connectivity index (χ0v) is 20.4. The van der Waals surface area contributed by atoms with Crippen LogP contribution in [0.3, 0.4) is 0 Å². The molecule has 2 amide bonds. The van der Waals surface area contributed by atoms with Crippen LogP contribution in [0.15, 0.2) is 70.0 Å². The van der Waals surface area contributed by atoms with Crippen molar-refractivity contribution >= 4 is 66.6 Å². The number of thiazole rings is 1. The van der Waals surface area contributed by atoms with Crippen LogP contribution in [0.5, 0.6) is 0 Å². The monoisotopic (exact) mass is 555 g/mol. The summed E-state index contributed by atoms with van der Waals surface area (Å²) in [6.45, 7) is 0. The van der Waals surface area contributed by atoms with Crippen molar-refractivity contribution in [1.29, 1.82) is 0 Å². The van der Waals surface area contributed by atoms with E-state index in [1.807, 2.05) is 0 Å². The minimum absolute atomic E-state index is 0.00565. The fourth-order valence-corrected chi connectivity index (χ4v) is 5.79. The minimum Gasteiger partial charge on any atom is -0.326 e. The van der Waals surface area contributed by atoms with Crippen molar-refractivity contribution in [2.75, 3.05) is 10.0 Å². The second-order valence-electron chi connectivity index (χ2n) is 7.28. The zero-order valence-electron chi connectivity index (χ0n) is 17.9. The van der Waals surface area contributed by atoms with E-state index < -0.39 is 38.8 Å². The summed E-state index contributed by atoms with van der Waals surface area (Å²) >= 11 is 2.12. The van der Waals surface area contributed by atoms with Gasteiger partial charge in [-0.25, -0.2) is 18.4 Å². The van der Waals surface area contributed by atoms with Gasteiger partial charge in [0.2, 0.25) is 11.8 Å². The number of aliphatic imine (C=N–C) groups is 1. The molecule has 36 heavy (non-hydrogen) atoms. The first-order valence-electron chi connectivity index (χ1n) is 10.1. The molecule has 1 fully saturated rings. The molecule has 0 saturated carbocycles. The van der Waals surface area contributed by atoms with E-state index in [1.54, 1.807) is 5.38 Å². The highest BCUT2D eigenvalue weighted by molar-refractivity contribution is 8.15. The maximum absolute atomic E-state index is 12.8. The molecule has 1 unspecified atom stereocenters. The number of nitrogens with one attached hydrogen (secondary N) is 3. The van der Waals surface area contributed by atoms with E-state index in [4.69, 9.17) is 0 Å². The molecule has 9 nitrogen and oxygen atoms in total. The number of amidine groups is 1. The summed E-state index contributed by atoms with van der Waals surface area (Å²) in [6.07, 6.45) is -3.36. The van der Waals surface area contributed by atoms with Crippen LogP contribution in [0.25, 0.3) is 0 Å². The van der Waals surface area contributed by atoms with E-state index in [1.165, 1.54) is 42.6 Å². The average Bonchev–Trinajstić information content (AvgIpc) is 3.42. The predicted molar refractivity (Wildman–Crippen MR) is 131 cm³/mol. The smallest absolute Gasteiger partial charge is 0.326 e. The van der Waals surface area contributed by atoms with Gasteiger partial charge < -0.3 is 10.6 Å². The minimum atomic E-state index is -4.55. The molecule has 3 aromatic rings. The topological polar surface area (TPSA) is 130 Å². The third kappa shape index (κ3) is 6.41. The Balaban J connectivity index is 1.37. The van der Waals surface area contributed by atoms with E-state index in [9.17, 15) is 31.2 Å². The normalized spacial score (nSPS) is 17.1. The molecule has 0 bridgehead atoms. The van der Waals surface area contributed by atoms with E-state index in [0.29, 0.717) is 5.69 Å². The molecule has 0 spiro atoms. The lowest BCUT2D eigenvalue weighted by Gasteiger charge is -2.10. The number of benzene rings is 2. The second kappa shape index (κ2) is 10.3. The first-order valence-corrected chi connectivity index (χ1v) is 13.3. The predicted octanol–water partition coefficient (Wildman–Crippen LogP) is 4.21. The van der Waals surface area contributed by atoms with Gasteiger partial charge in [-0.3, -0.25) is 14.3 Å². The van der Waals surface area contributed by atoms with E-state index in [2.05, 4.69) is 25.3 Å². The molecule has 1 aliphatic heterocycles. The summed E-state index contributed by atoms with van der Waals surface area (Å²) in [5.74, 6) is -1.12. The van der Waals surface area contributed by atoms with Crippen LogP contribution in [0.4, 0.5) is 29.7 Å². The molecule has 3 N–H and O–H groups in total. The zero-order chi connectivity index (χ0) is 25.9. The molecule has 1 saturated heterocycles. The molecule has 2 aromatic carbocycles. The Morgan fingerprint density at radius 2 is 1.92 bits per heavy atom. The molecule has 2 heterocycles. The maximum atomic E-state index is 12.8. The first-order chi connectivity index (χ1) is 17.0. The number of carbonyl (C=O) groups excluding carboxylic acids is 2. The number of nitrogens with zero attached hydrogens (tertiary/aromatic N) is 2. The molecule has 15 heteroatoms. The van der Waals surface area contributed by atoms with Gasteiger partial charge in [-0.05, 0) is 42.5 Å². The number of thioether (sulfide) groups is 1. The van der Waals surface area contributed by atoms with Crippen LogP contribution in [0.1, 0.15) is 12.0 Å². The summed E-state index contributed by atoms with van der Waals surface area (Å²) in [4.78, 5) is 32.7. The van der Waals surface area contributed by atoms with E-state index in [-0.39, 0.29) is 27.3 Å². The third-order valence-electron chi connectivity index (χ3n) is 4.65. The van der Waals surface area contributed by atoms with Crippen LogP contribution in [-0.4, -0.2) is 35.6 Å². The molecular formula is C21H16F3N5O4S3. The second-order valence-corrected chi connectivity index (χ2v) is 11.0. The molecule has 1 aliphatic rings. The van der Waals surface area contributed by atoms with Gasteiger partial charge in [-0.15, -0.1) is 11.3 Å². The van der Waals surface area contributed by atoms with Crippen molar-refractivity contribution in [3.8, 4) is 0 Å². The third-order valence-corrected chi connectivity index (χ3v) is 7.91. The Kier molecular flexibility index (Phi) is 7.33. The molecule has 188 valence electrons. The van der Waals surface area contributed by atoms with E-state index >= 15 is 0 Å². The molecule has 0 radical (unpaired) electrons. The van der Waals surface area contributed by atoms with Gasteiger partial charge >= 0.3 is 6.18 Å². The first kappa shape index (κ1) is 25.7. The highest BCUT2D eigenvalue weighted by Crippen LogP contribution is 2.31. The Labute approximate surface area is 211 Å². The standard InChI is InChI=1S/C21H16F3N5O4S3/c22-21(23,24)12-2-1-3-14(10-12)26-17(30)11-16-18(31)28-20(35-16)27-13-4-6-15(7-5-13)36(32,33)29-19-25-8-9-34-19/h1-10,16H,11H2,(H,25,29)(H,26,30)(H,27,28,31). The number of rotatable bonds is 7. The van der Waals surface area contributed by atoms with Gasteiger partial charge in [0, 0.05) is 23.7 Å². The molecule has 4 rings (SSSR count). The fourth-order valence-electron chi connectivity index (χ4n) is 3.01. The van der Waals surface area contributed by atoms with Crippen molar-refractivity contribution in [2.45, 2.75) is 22.7 Å². The maximum Gasteiger partial charge on any atom is 0.416 e. The van der Waals surface area contributed by atoms with Crippen LogP contribution < -0.4 is 15.4 Å². The van der Waals surface area contributed by atoms with Gasteiger partial charge in [0.1, 0.15) is 5.25 Å². The van der Waals surface area contributed by atoms with Crippen LogP contribution in [0, 0.1) is 0 Å². The Bertz CT molecular complexity index is 1410. The highest BCUT2D eigenvalue weighted by atomic mass is 32.2. The van der Waals surface area contributed by atoms with Crippen LogP contribution in [-0.2, 0) is 25.8 Å². The van der Waals surface area contributed by atoms with Gasteiger partial charge in [-0.1, -0.05) is 17.8 Å². The Morgan fingerprint density at radius 1 is 1.17 bits per heavy atom. The molecule has 0 aliphatic carbocycles. The number of carbonyl (C=O) groups is 2. The van der Waals surface area contributed by atoms with Crippen molar-refractivity contribution in [3.05, 3.63) is 65.7 Å². The van der Waals surface area contributed by atoms with Crippen LogP contribution in [0.2, 0.25) is 0 Å². The number of halogens is 3. The van der Waals surface area contributed by atoms with Gasteiger partial charge in [-0.2, -0.15) is 13.2 Å². The summed E-state index contributed by atoms with van der Waals surface area (Å²) in [7, 11) is -3.83. The molecule has 1 atom stereocenters. The lowest BCUT2D eigenvalue weighted by atomic mass is 10.2. The van der Waals surface area contributed by atoms with E-state index in [0.717, 1.165) is 35.2 Å². The Hall–Kier alpha value is -3.43. The van der Waals surface area contributed by atoms with Gasteiger partial charge in [0.25, 0.3) is 10.0 Å². The van der Waals surface area contributed by atoms with Crippen molar-refractivity contribution in [3.63, 3.8) is 0 Å². The lowest BCUT2D eigenvalue weighted by molar-refractivity contribution is -0.137. The summed E-state index contributed by atoms with van der Waals surface area (Å²) in [6, 6.07) is 9.77. The van der Waals surface area contributed by atoms with Gasteiger partial charge in [0.05, 0.1) is 16.1 Å². The summed E-state index contributed by atoms with van der Waals surface area (Å²) < 4.78 is 65.7.